The van der Waals surface area contributed by atoms with E-state index in [2.05, 4.69) is 94.3 Å². The molecule has 35 heavy (non-hydrogen) atoms. The van der Waals surface area contributed by atoms with Crippen molar-refractivity contribution in [1.29, 1.82) is 0 Å². The molecular weight excluding hydrogens is 451 g/mol. The maximum atomic E-state index is 13.2. The Morgan fingerprint density at radius 3 is 1.77 bits per heavy atom. The van der Waals surface area contributed by atoms with Crippen molar-refractivity contribution in [3.63, 3.8) is 0 Å². The van der Waals surface area contributed by atoms with Crippen LogP contribution < -0.4 is 34.9 Å². The smallest absolute Gasteiger partial charge is 0.483 e. The van der Waals surface area contributed by atoms with Gasteiger partial charge in [0, 0.05) is 12.9 Å². The van der Waals surface area contributed by atoms with Crippen molar-refractivity contribution in [3.8, 4) is 0 Å². The zero-order chi connectivity index (χ0) is 24.0. The summed E-state index contributed by atoms with van der Waals surface area (Å²) in [7, 11) is 1.81. The maximum Gasteiger partial charge on any atom is 1.00 e. The fourth-order valence-electron chi connectivity index (χ4n) is 4.41. The number of aryl methyl sites for hydroxylation is 1. The van der Waals surface area contributed by atoms with Crippen LogP contribution in [0.25, 0.3) is 0 Å². The predicted molar refractivity (Wildman–Crippen MR) is 129 cm³/mol. The number of carbonyl (C=O) groups excluding carboxylic acids is 1. The molecule has 0 radical (unpaired) electrons. The minimum atomic E-state index is -0.565. The van der Waals surface area contributed by atoms with E-state index in [1.165, 1.54) is 0 Å². The summed E-state index contributed by atoms with van der Waals surface area (Å²) < 4.78 is 1.68. The molecule has 172 valence electrons. The molecule has 5 rings (SSSR count). The summed E-state index contributed by atoms with van der Waals surface area (Å²) in [5, 5.41) is 9.89. The van der Waals surface area contributed by atoms with Gasteiger partial charge in [-0.05, 0) is 29.6 Å². The number of nitrogens with one attached hydrogen (secondary N) is 1. The summed E-state index contributed by atoms with van der Waals surface area (Å²) in [6.07, 6.45) is 4.41. The topological polar surface area (TPSA) is 87.2 Å². The van der Waals surface area contributed by atoms with Crippen LogP contribution >= 0.6 is 0 Å². The van der Waals surface area contributed by atoms with Gasteiger partial charge in [0.05, 0.1) is 5.54 Å². The van der Waals surface area contributed by atoms with E-state index < -0.39 is 5.54 Å². The molecule has 2 heterocycles. The summed E-state index contributed by atoms with van der Waals surface area (Å²) in [6.45, 7) is 0.409. The first-order valence-corrected chi connectivity index (χ1v) is 10.8. The minimum absolute atomic E-state index is 0. The van der Waals surface area contributed by atoms with Gasteiger partial charge in [0.1, 0.15) is 6.04 Å². The zero-order valence-corrected chi connectivity index (χ0v) is 21.7. The Hall–Kier alpha value is -3.23. The quantitative estimate of drug-likeness (QED) is 0.140. The van der Waals surface area contributed by atoms with Crippen LogP contribution in [0.15, 0.2) is 97.2 Å². The van der Waals surface area contributed by atoms with Gasteiger partial charge in [-0.1, -0.05) is 97.2 Å². The van der Waals surface area contributed by atoms with Crippen molar-refractivity contribution in [3.05, 3.63) is 120 Å². The molecule has 2 N–H and O–H groups in total. The average Bonchev–Trinajstić information content (AvgIpc) is 3.58. The number of hydrogen-bond donors (Lipinski definition) is 2. The molecule has 1 amide bonds. The number of nitrogens with zero attached hydrogens (tertiary/aromatic N) is 3. The normalized spacial score (nSPS) is 16.1. The van der Waals surface area contributed by atoms with Crippen LogP contribution in [-0.4, -0.2) is 44.5 Å². The molecule has 0 bridgehead atoms. The number of imidazole rings is 1. The number of anilines is 1. The number of amides is 1. The third-order valence-corrected chi connectivity index (χ3v) is 5.93. The monoisotopic (exact) mass is 476 g/mol. The minimum Gasteiger partial charge on any atom is -0.483 e. The molecule has 1 aromatic heterocycles. The van der Waals surface area contributed by atoms with E-state index in [0.717, 1.165) is 16.7 Å². The molecule has 1 fully saturated rings. The molecular formula is C27H25N4NaO3. The molecule has 0 saturated carbocycles. The first-order chi connectivity index (χ1) is 16.6. The molecule has 8 heteroatoms. The molecule has 1 aliphatic heterocycles. The Morgan fingerprint density at radius 2 is 1.40 bits per heavy atom. The second kappa shape index (κ2) is 12.0. The van der Waals surface area contributed by atoms with E-state index in [-0.39, 0.29) is 48.0 Å². The van der Waals surface area contributed by atoms with Gasteiger partial charge in [0.25, 0.3) is 6.47 Å². The molecule has 1 aliphatic rings. The van der Waals surface area contributed by atoms with Crippen molar-refractivity contribution in [2.45, 2.75) is 11.6 Å². The van der Waals surface area contributed by atoms with E-state index in [4.69, 9.17) is 9.90 Å². The largest absolute Gasteiger partial charge is 1.00 e. The number of rotatable bonds is 6. The van der Waals surface area contributed by atoms with E-state index in [0.29, 0.717) is 12.4 Å². The fraction of sp³-hybridized carbons (Fsp3) is 0.148. The summed E-state index contributed by atoms with van der Waals surface area (Å²) >= 11 is 0. The van der Waals surface area contributed by atoms with E-state index >= 15 is 0 Å². The van der Waals surface area contributed by atoms with Crippen molar-refractivity contribution in [1.82, 2.24) is 14.5 Å². The second-order valence-corrected chi connectivity index (χ2v) is 7.87. The van der Waals surface area contributed by atoms with E-state index in [1.54, 1.807) is 10.8 Å². The first-order valence-electron chi connectivity index (χ1n) is 10.8. The SMILES string of the molecule is Cn1[c-]ncc1NC(=O)C1CN1C(c1ccccc1)(c1ccccc1)c1ccccc1.O=CO.[Na+]. The fourth-order valence-corrected chi connectivity index (χ4v) is 4.41. The van der Waals surface area contributed by atoms with Crippen molar-refractivity contribution >= 4 is 18.2 Å². The molecule has 0 spiro atoms. The van der Waals surface area contributed by atoms with Gasteiger partial charge in [0.2, 0.25) is 5.91 Å². The number of benzene rings is 3. The van der Waals surface area contributed by atoms with Crippen LogP contribution in [0.3, 0.4) is 0 Å². The number of carbonyl (C=O) groups is 2. The van der Waals surface area contributed by atoms with E-state index in [1.807, 2.05) is 25.2 Å². The summed E-state index contributed by atoms with van der Waals surface area (Å²) in [5.41, 5.74) is 2.84. The van der Waals surface area contributed by atoms with Crippen molar-refractivity contribution in [2.24, 2.45) is 7.05 Å². The Morgan fingerprint density at radius 1 is 0.971 bits per heavy atom. The number of carboxylic acid groups (broad SMARTS) is 1. The first kappa shape index (κ1) is 26.4. The third kappa shape index (κ3) is 5.39. The summed E-state index contributed by atoms with van der Waals surface area (Å²) in [4.78, 5) is 27.8. The average molecular weight is 477 g/mol. The summed E-state index contributed by atoms with van der Waals surface area (Å²) in [6, 6.07) is 31.0. The molecule has 7 nitrogen and oxygen atoms in total. The van der Waals surface area contributed by atoms with Crippen molar-refractivity contribution in [2.75, 3.05) is 11.9 Å². The molecule has 0 aliphatic carbocycles. The molecule has 2 atom stereocenters. The van der Waals surface area contributed by atoms with E-state index in [9.17, 15) is 4.79 Å². The van der Waals surface area contributed by atoms with Gasteiger partial charge in [0.15, 0.2) is 0 Å². The summed E-state index contributed by atoms with van der Waals surface area (Å²) in [5.74, 6) is 0.603. The van der Waals surface area contributed by atoms with Gasteiger partial charge in [-0.25, -0.2) is 0 Å². The third-order valence-electron chi connectivity index (χ3n) is 5.93. The van der Waals surface area contributed by atoms with Gasteiger partial charge < -0.3 is 20.0 Å². The van der Waals surface area contributed by atoms with Crippen LogP contribution in [0.2, 0.25) is 0 Å². The Bertz CT molecular complexity index is 1140. The van der Waals surface area contributed by atoms with Gasteiger partial charge in [-0.15, -0.1) is 0 Å². The zero-order valence-electron chi connectivity index (χ0n) is 19.7. The van der Waals surface area contributed by atoms with Crippen LogP contribution in [0.4, 0.5) is 5.82 Å². The second-order valence-electron chi connectivity index (χ2n) is 7.87. The number of hydrogen-bond acceptors (Lipinski definition) is 4. The molecule has 4 aromatic rings. The van der Waals surface area contributed by atoms with Gasteiger partial charge >= 0.3 is 29.6 Å². The Labute approximate surface area is 226 Å². The predicted octanol–water partition coefficient (Wildman–Crippen LogP) is 0.540. The molecule has 2 unspecified atom stereocenters. The Balaban J connectivity index is 0.000000815. The standard InChI is InChI=1S/C26H23N4O.CH2O2.Na/c1-29-19-27-17-24(29)28-25(31)23-18-30(23)26(20-11-5-2-6-12-20,21-13-7-3-8-14-21)22-15-9-4-10-16-22;2-1-3;/h2-17,23H,18H2,1H3,(H,28,31);1H,(H,2,3);/q-1;;+1. The maximum absolute atomic E-state index is 13.2. The van der Waals surface area contributed by atoms with Crippen LogP contribution in [-0.2, 0) is 22.2 Å². The molecule has 1 saturated heterocycles. The number of aromatic nitrogens is 2. The van der Waals surface area contributed by atoms with Crippen LogP contribution in [0.5, 0.6) is 0 Å². The Kier molecular flexibility index (Phi) is 9.01. The van der Waals surface area contributed by atoms with Crippen LogP contribution in [0, 0.1) is 6.33 Å². The van der Waals surface area contributed by atoms with Gasteiger partial charge in [-0.2, -0.15) is 0 Å². The van der Waals surface area contributed by atoms with Gasteiger partial charge in [-0.3, -0.25) is 14.5 Å². The molecule has 3 aromatic carbocycles. The van der Waals surface area contributed by atoms with Crippen molar-refractivity contribution < 1.29 is 44.3 Å². The van der Waals surface area contributed by atoms with Crippen LogP contribution in [0.1, 0.15) is 16.7 Å².